The highest BCUT2D eigenvalue weighted by Crippen LogP contribution is 2.29. The Morgan fingerprint density at radius 1 is 1.38 bits per heavy atom. The van der Waals surface area contributed by atoms with Gasteiger partial charge in [0.15, 0.2) is 11.0 Å². The number of carboxylic acids is 1. The standard InChI is InChI=1S/C13H13F2N3O2S/c1-7(2)18-12(9-4-3-8(14)5-10(9)15)16-17-13(18)21-6-11(19)20/h3-5,7H,6H2,1-2H3,(H,19,20). The van der Waals surface area contributed by atoms with E-state index in [-0.39, 0.29) is 23.2 Å². The number of aliphatic carboxylic acids is 1. The first-order valence-corrected chi connectivity index (χ1v) is 7.13. The fourth-order valence-electron chi connectivity index (χ4n) is 1.82. The Hall–Kier alpha value is -1.96. The minimum atomic E-state index is -0.979. The number of benzene rings is 1. The van der Waals surface area contributed by atoms with Crippen molar-refractivity contribution >= 4 is 17.7 Å². The smallest absolute Gasteiger partial charge is 0.313 e. The molecule has 0 aliphatic rings. The Labute approximate surface area is 124 Å². The quantitative estimate of drug-likeness (QED) is 0.860. The molecule has 0 unspecified atom stereocenters. The van der Waals surface area contributed by atoms with E-state index < -0.39 is 17.6 Å². The van der Waals surface area contributed by atoms with Gasteiger partial charge in [-0.2, -0.15) is 0 Å². The summed E-state index contributed by atoms with van der Waals surface area (Å²) in [4.78, 5) is 10.6. The fraction of sp³-hybridized carbons (Fsp3) is 0.308. The highest BCUT2D eigenvalue weighted by molar-refractivity contribution is 7.99. The van der Waals surface area contributed by atoms with Gasteiger partial charge in [0.05, 0.1) is 11.3 Å². The molecular formula is C13H13F2N3O2S. The van der Waals surface area contributed by atoms with E-state index in [4.69, 9.17) is 5.11 Å². The first-order valence-electron chi connectivity index (χ1n) is 6.15. The molecule has 2 aromatic rings. The monoisotopic (exact) mass is 313 g/mol. The lowest BCUT2D eigenvalue weighted by atomic mass is 10.2. The highest BCUT2D eigenvalue weighted by Gasteiger charge is 2.20. The summed E-state index contributed by atoms with van der Waals surface area (Å²) in [6.07, 6.45) is 0. The zero-order valence-corrected chi connectivity index (χ0v) is 12.2. The van der Waals surface area contributed by atoms with E-state index in [1.165, 1.54) is 6.07 Å². The summed E-state index contributed by atoms with van der Waals surface area (Å²) < 4.78 is 28.5. The van der Waals surface area contributed by atoms with Gasteiger partial charge in [-0.3, -0.25) is 9.36 Å². The number of carbonyl (C=O) groups is 1. The van der Waals surface area contributed by atoms with E-state index in [0.29, 0.717) is 5.16 Å². The molecule has 5 nitrogen and oxygen atoms in total. The molecule has 8 heteroatoms. The second kappa shape index (κ2) is 6.21. The van der Waals surface area contributed by atoms with E-state index in [9.17, 15) is 13.6 Å². The van der Waals surface area contributed by atoms with Crippen LogP contribution >= 0.6 is 11.8 Å². The van der Waals surface area contributed by atoms with E-state index in [1.807, 2.05) is 13.8 Å². The van der Waals surface area contributed by atoms with Gasteiger partial charge in [-0.25, -0.2) is 8.78 Å². The molecule has 0 fully saturated rings. The molecule has 0 radical (unpaired) electrons. The van der Waals surface area contributed by atoms with Crippen molar-refractivity contribution in [1.82, 2.24) is 14.8 Å². The summed E-state index contributed by atoms with van der Waals surface area (Å²) in [6.45, 7) is 3.69. The average Bonchev–Trinajstić information content (AvgIpc) is 2.80. The molecule has 2 rings (SSSR count). The SMILES string of the molecule is CC(C)n1c(SCC(=O)O)nnc1-c1ccc(F)cc1F. The largest absolute Gasteiger partial charge is 0.481 e. The van der Waals surface area contributed by atoms with Crippen LogP contribution in [0.15, 0.2) is 23.4 Å². The van der Waals surface area contributed by atoms with Crippen LogP contribution in [0.3, 0.4) is 0 Å². The van der Waals surface area contributed by atoms with Crippen LogP contribution in [0.2, 0.25) is 0 Å². The molecule has 1 heterocycles. The zero-order valence-electron chi connectivity index (χ0n) is 11.4. The molecule has 0 saturated carbocycles. The van der Waals surface area contributed by atoms with Crippen LogP contribution < -0.4 is 0 Å². The van der Waals surface area contributed by atoms with Crippen LogP contribution in [0.25, 0.3) is 11.4 Å². The van der Waals surface area contributed by atoms with Crippen molar-refractivity contribution < 1.29 is 18.7 Å². The van der Waals surface area contributed by atoms with Crippen molar-refractivity contribution in [3.63, 3.8) is 0 Å². The van der Waals surface area contributed by atoms with Gasteiger partial charge in [0.2, 0.25) is 0 Å². The van der Waals surface area contributed by atoms with Gasteiger partial charge in [-0.15, -0.1) is 10.2 Å². The lowest BCUT2D eigenvalue weighted by Crippen LogP contribution is -2.07. The lowest BCUT2D eigenvalue weighted by molar-refractivity contribution is -0.133. The van der Waals surface area contributed by atoms with Crippen molar-refractivity contribution in [2.24, 2.45) is 0 Å². The molecule has 1 aromatic heterocycles. The minimum Gasteiger partial charge on any atom is -0.481 e. The van der Waals surface area contributed by atoms with E-state index >= 15 is 0 Å². The van der Waals surface area contributed by atoms with Gasteiger partial charge < -0.3 is 5.11 Å². The zero-order chi connectivity index (χ0) is 15.6. The van der Waals surface area contributed by atoms with Gasteiger partial charge in [0.1, 0.15) is 11.6 Å². The molecule has 0 bridgehead atoms. The maximum atomic E-state index is 13.9. The van der Waals surface area contributed by atoms with Gasteiger partial charge in [-0.05, 0) is 26.0 Å². The first-order chi connectivity index (χ1) is 9.90. The number of hydrogen-bond donors (Lipinski definition) is 1. The Morgan fingerprint density at radius 3 is 2.67 bits per heavy atom. The second-order valence-electron chi connectivity index (χ2n) is 4.58. The van der Waals surface area contributed by atoms with Crippen LogP contribution in [0.1, 0.15) is 19.9 Å². The molecule has 112 valence electrons. The predicted molar refractivity (Wildman–Crippen MR) is 74.1 cm³/mol. The number of nitrogens with zero attached hydrogens (tertiary/aromatic N) is 3. The Balaban J connectivity index is 2.46. The van der Waals surface area contributed by atoms with Crippen molar-refractivity contribution in [3.05, 3.63) is 29.8 Å². The molecule has 0 amide bonds. The highest BCUT2D eigenvalue weighted by atomic mass is 32.2. The number of thioether (sulfide) groups is 1. The first kappa shape index (κ1) is 15.4. The predicted octanol–water partition coefficient (Wildman–Crippen LogP) is 2.98. The number of rotatable bonds is 5. The van der Waals surface area contributed by atoms with Crippen molar-refractivity contribution in [1.29, 1.82) is 0 Å². The molecule has 0 atom stereocenters. The van der Waals surface area contributed by atoms with Gasteiger partial charge in [-0.1, -0.05) is 11.8 Å². The van der Waals surface area contributed by atoms with Crippen LogP contribution in [0.4, 0.5) is 8.78 Å². The summed E-state index contributed by atoms with van der Waals surface area (Å²) in [5.41, 5.74) is 0.125. The summed E-state index contributed by atoms with van der Waals surface area (Å²) >= 11 is 1.00. The molecule has 0 saturated heterocycles. The molecular weight excluding hydrogens is 300 g/mol. The number of carboxylic acid groups (broad SMARTS) is 1. The van der Waals surface area contributed by atoms with Crippen LogP contribution in [0, 0.1) is 11.6 Å². The summed E-state index contributed by atoms with van der Waals surface area (Å²) in [5, 5.41) is 16.9. The fourth-order valence-corrected chi connectivity index (χ4v) is 2.61. The van der Waals surface area contributed by atoms with Crippen LogP contribution in [-0.2, 0) is 4.79 Å². The Bertz CT molecular complexity index is 673. The molecule has 1 N–H and O–H groups in total. The normalized spacial score (nSPS) is 11.1. The maximum absolute atomic E-state index is 13.9. The minimum absolute atomic E-state index is 0.101. The molecule has 0 aliphatic carbocycles. The maximum Gasteiger partial charge on any atom is 0.313 e. The van der Waals surface area contributed by atoms with Crippen molar-refractivity contribution in [3.8, 4) is 11.4 Å². The molecule has 0 aliphatic heterocycles. The number of hydrogen-bond acceptors (Lipinski definition) is 4. The third-order valence-corrected chi connectivity index (χ3v) is 3.61. The van der Waals surface area contributed by atoms with E-state index in [1.54, 1.807) is 4.57 Å². The third kappa shape index (κ3) is 3.38. The summed E-state index contributed by atoms with van der Waals surface area (Å²) in [5.74, 6) is -2.31. The van der Waals surface area contributed by atoms with E-state index in [0.717, 1.165) is 23.9 Å². The molecule has 0 spiro atoms. The molecule has 21 heavy (non-hydrogen) atoms. The van der Waals surface area contributed by atoms with Crippen LogP contribution in [0.5, 0.6) is 0 Å². The van der Waals surface area contributed by atoms with Gasteiger partial charge in [0, 0.05) is 12.1 Å². The Morgan fingerprint density at radius 2 is 2.10 bits per heavy atom. The number of aromatic nitrogens is 3. The van der Waals surface area contributed by atoms with E-state index in [2.05, 4.69) is 10.2 Å². The lowest BCUT2D eigenvalue weighted by Gasteiger charge is -2.13. The van der Waals surface area contributed by atoms with Gasteiger partial charge >= 0.3 is 5.97 Å². The third-order valence-electron chi connectivity index (χ3n) is 2.68. The Kier molecular flexibility index (Phi) is 4.56. The van der Waals surface area contributed by atoms with Crippen molar-refractivity contribution in [2.75, 3.05) is 5.75 Å². The van der Waals surface area contributed by atoms with Crippen molar-refractivity contribution in [2.45, 2.75) is 25.0 Å². The average molecular weight is 313 g/mol. The second-order valence-corrected chi connectivity index (χ2v) is 5.52. The summed E-state index contributed by atoms with van der Waals surface area (Å²) in [7, 11) is 0. The molecule has 1 aromatic carbocycles. The van der Waals surface area contributed by atoms with Gasteiger partial charge in [0.25, 0.3) is 0 Å². The number of halogens is 2. The van der Waals surface area contributed by atoms with Crippen LogP contribution in [-0.4, -0.2) is 31.6 Å². The topological polar surface area (TPSA) is 68.0 Å². The summed E-state index contributed by atoms with van der Waals surface area (Å²) in [6, 6.07) is 3.11.